The van der Waals surface area contributed by atoms with Gasteiger partial charge in [-0.3, -0.25) is 4.90 Å². The topological polar surface area (TPSA) is 59.0 Å². The van der Waals surface area contributed by atoms with Crippen molar-refractivity contribution < 1.29 is 19.4 Å². The Hall–Kier alpha value is -1.27. The smallest absolute Gasteiger partial charge is 0.410 e. The first-order valence-electron chi connectivity index (χ1n) is 7.74. The Morgan fingerprint density at radius 2 is 2.09 bits per heavy atom. The summed E-state index contributed by atoms with van der Waals surface area (Å²) in [7, 11) is 1.60. The van der Waals surface area contributed by atoms with Gasteiger partial charge in [0.15, 0.2) is 0 Å². The number of halogens is 1. The third kappa shape index (κ3) is 4.38. The minimum Gasteiger partial charge on any atom is -0.497 e. The van der Waals surface area contributed by atoms with Crippen LogP contribution in [0.3, 0.4) is 0 Å². The number of benzene rings is 1. The van der Waals surface area contributed by atoms with E-state index >= 15 is 0 Å². The summed E-state index contributed by atoms with van der Waals surface area (Å²) in [6.07, 6.45) is 0.387. The number of methoxy groups -OCH3 is 1. The summed E-state index contributed by atoms with van der Waals surface area (Å²) in [4.78, 5) is 14.1. The molecule has 1 N–H and O–H groups in total. The fraction of sp³-hybridized carbons (Fsp3) is 0.588. The summed E-state index contributed by atoms with van der Waals surface area (Å²) >= 11 is 3.52. The largest absolute Gasteiger partial charge is 0.497 e. The molecular weight excluding hydrogens is 362 g/mol. The minimum absolute atomic E-state index is 0.399. The number of carbonyl (C=O) groups is 1. The summed E-state index contributed by atoms with van der Waals surface area (Å²) in [5.74, 6) is 0.717. The number of ether oxygens (including phenoxy) is 2. The summed E-state index contributed by atoms with van der Waals surface area (Å²) in [6, 6.07) is 5.11. The lowest BCUT2D eigenvalue weighted by atomic mass is 9.93. The molecule has 2 unspecified atom stereocenters. The van der Waals surface area contributed by atoms with E-state index in [2.05, 4.69) is 15.9 Å². The van der Waals surface area contributed by atoms with Crippen molar-refractivity contribution in [1.82, 2.24) is 4.90 Å². The second-order valence-electron chi connectivity index (χ2n) is 6.72. The highest BCUT2D eigenvalue weighted by molar-refractivity contribution is 9.10. The van der Waals surface area contributed by atoms with Crippen LogP contribution in [-0.4, -0.2) is 41.5 Å². The van der Waals surface area contributed by atoms with Crippen LogP contribution in [0.1, 0.15) is 45.2 Å². The third-order valence-corrected chi connectivity index (χ3v) is 4.44. The van der Waals surface area contributed by atoms with Gasteiger partial charge in [-0.15, -0.1) is 0 Å². The van der Waals surface area contributed by atoms with Crippen LogP contribution in [0, 0.1) is 0 Å². The highest BCUT2D eigenvalue weighted by Gasteiger charge is 2.37. The van der Waals surface area contributed by atoms with E-state index < -0.39 is 23.8 Å². The van der Waals surface area contributed by atoms with Gasteiger partial charge in [0.2, 0.25) is 0 Å². The molecule has 0 bridgehead atoms. The molecule has 1 aliphatic rings. The molecule has 1 aromatic rings. The Labute approximate surface area is 145 Å². The maximum atomic E-state index is 12.5. The molecule has 2 rings (SSSR count). The molecular formula is C17H24BrNO4. The molecule has 0 aromatic heterocycles. The molecule has 0 radical (unpaired) electrons. The van der Waals surface area contributed by atoms with Gasteiger partial charge in [0, 0.05) is 11.0 Å². The summed E-state index contributed by atoms with van der Waals surface area (Å²) < 4.78 is 11.5. The molecule has 128 valence electrons. The van der Waals surface area contributed by atoms with E-state index in [0.29, 0.717) is 13.0 Å². The zero-order valence-corrected chi connectivity index (χ0v) is 15.6. The highest BCUT2D eigenvalue weighted by atomic mass is 79.9. The summed E-state index contributed by atoms with van der Waals surface area (Å²) in [6.45, 7) is 6.08. The number of aliphatic hydroxyl groups excluding tert-OH is 1. The average molecular weight is 386 g/mol. The number of rotatable bonds is 2. The van der Waals surface area contributed by atoms with Gasteiger partial charge in [-0.25, -0.2) is 4.79 Å². The van der Waals surface area contributed by atoms with Crippen LogP contribution in [-0.2, 0) is 4.74 Å². The number of hydrogen-bond acceptors (Lipinski definition) is 4. The first-order valence-corrected chi connectivity index (χ1v) is 8.53. The molecule has 1 saturated heterocycles. The lowest BCUT2D eigenvalue weighted by molar-refractivity contribution is -0.0240. The Morgan fingerprint density at radius 3 is 2.65 bits per heavy atom. The van der Waals surface area contributed by atoms with Crippen molar-refractivity contribution in [3.8, 4) is 5.75 Å². The molecule has 1 aromatic carbocycles. The van der Waals surface area contributed by atoms with Crippen LogP contribution in [0.2, 0.25) is 0 Å². The molecule has 0 spiro atoms. The minimum atomic E-state index is -0.624. The first kappa shape index (κ1) is 18.1. The standard InChI is InChI=1S/C17H24BrNO4/c1-17(2,3)23-16(21)19-9-5-6-14(20)15(19)12-8-7-11(22-4)10-13(12)18/h7-8,10,14-15,20H,5-6,9H2,1-4H3. The second kappa shape index (κ2) is 7.09. The van der Waals surface area contributed by atoms with E-state index in [9.17, 15) is 9.90 Å². The number of aliphatic hydroxyl groups is 1. The number of carbonyl (C=O) groups excluding carboxylic acids is 1. The molecule has 5 nitrogen and oxygen atoms in total. The Bertz CT molecular complexity index is 570. The van der Waals surface area contributed by atoms with E-state index in [4.69, 9.17) is 9.47 Å². The number of nitrogens with zero attached hydrogens (tertiary/aromatic N) is 1. The Morgan fingerprint density at radius 1 is 1.39 bits per heavy atom. The van der Waals surface area contributed by atoms with Crippen LogP contribution in [0.25, 0.3) is 0 Å². The van der Waals surface area contributed by atoms with Crippen molar-refractivity contribution >= 4 is 22.0 Å². The van der Waals surface area contributed by atoms with Crippen molar-refractivity contribution in [2.75, 3.05) is 13.7 Å². The Balaban J connectivity index is 2.33. The number of hydrogen-bond donors (Lipinski definition) is 1. The van der Waals surface area contributed by atoms with Gasteiger partial charge >= 0.3 is 6.09 Å². The van der Waals surface area contributed by atoms with Crippen molar-refractivity contribution in [2.24, 2.45) is 0 Å². The van der Waals surface area contributed by atoms with Gasteiger partial charge < -0.3 is 14.6 Å². The predicted molar refractivity (Wildman–Crippen MR) is 91.6 cm³/mol. The maximum absolute atomic E-state index is 12.5. The predicted octanol–water partition coefficient (Wildman–Crippen LogP) is 3.89. The molecule has 1 aliphatic heterocycles. The van der Waals surface area contributed by atoms with Gasteiger partial charge in [-0.1, -0.05) is 22.0 Å². The van der Waals surface area contributed by atoms with Crippen LogP contribution >= 0.6 is 15.9 Å². The normalized spacial score (nSPS) is 21.9. The molecule has 2 atom stereocenters. The van der Waals surface area contributed by atoms with E-state index in [-0.39, 0.29) is 0 Å². The van der Waals surface area contributed by atoms with Gasteiger partial charge in [0.05, 0.1) is 19.3 Å². The lowest BCUT2D eigenvalue weighted by Crippen LogP contribution is -2.47. The zero-order chi connectivity index (χ0) is 17.2. The van der Waals surface area contributed by atoms with Crippen molar-refractivity contribution in [3.63, 3.8) is 0 Å². The van der Waals surface area contributed by atoms with Crippen molar-refractivity contribution in [3.05, 3.63) is 28.2 Å². The fourth-order valence-electron chi connectivity index (χ4n) is 2.75. The molecule has 1 fully saturated rings. The van der Waals surface area contributed by atoms with Gasteiger partial charge in [0.25, 0.3) is 0 Å². The van der Waals surface area contributed by atoms with Crippen LogP contribution in [0.15, 0.2) is 22.7 Å². The fourth-order valence-corrected chi connectivity index (χ4v) is 3.34. The SMILES string of the molecule is COc1ccc(C2C(O)CCCN2C(=O)OC(C)(C)C)c(Br)c1. The van der Waals surface area contributed by atoms with Gasteiger partial charge in [-0.05, 0) is 51.3 Å². The quantitative estimate of drug-likeness (QED) is 0.838. The highest BCUT2D eigenvalue weighted by Crippen LogP contribution is 2.37. The monoisotopic (exact) mass is 385 g/mol. The average Bonchev–Trinajstić information content (AvgIpc) is 2.45. The number of likely N-dealkylation sites (tertiary alicyclic amines) is 1. The second-order valence-corrected chi connectivity index (χ2v) is 7.57. The molecule has 23 heavy (non-hydrogen) atoms. The lowest BCUT2D eigenvalue weighted by Gasteiger charge is -2.40. The zero-order valence-electron chi connectivity index (χ0n) is 14.0. The number of amides is 1. The molecule has 1 heterocycles. The van der Waals surface area contributed by atoms with Crippen LogP contribution in [0.5, 0.6) is 5.75 Å². The van der Waals surface area contributed by atoms with Crippen LogP contribution < -0.4 is 4.74 Å². The number of piperidine rings is 1. The van der Waals surface area contributed by atoms with E-state index in [1.165, 1.54) is 0 Å². The Kier molecular flexibility index (Phi) is 5.57. The van der Waals surface area contributed by atoms with E-state index in [1.54, 1.807) is 12.0 Å². The first-order chi connectivity index (χ1) is 10.7. The molecule has 0 aliphatic carbocycles. The maximum Gasteiger partial charge on any atom is 0.410 e. The molecule has 1 amide bonds. The van der Waals surface area contributed by atoms with Gasteiger partial charge in [0.1, 0.15) is 11.4 Å². The third-order valence-electron chi connectivity index (χ3n) is 3.75. The van der Waals surface area contributed by atoms with Crippen molar-refractivity contribution in [1.29, 1.82) is 0 Å². The van der Waals surface area contributed by atoms with Crippen molar-refractivity contribution in [2.45, 2.75) is 51.4 Å². The molecule has 6 heteroatoms. The van der Waals surface area contributed by atoms with E-state index in [0.717, 1.165) is 22.2 Å². The summed E-state index contributed by atoms with van der Waals surface area (Å²) in [5, 5.41) is 10.5. The van der Waals surface area contributed by atoms with Crippen LogP contribution in [0.4, 0.5) is 4.79 Å². The summed E-state index contributed by atoms with van der Waals surface area (Å²) in [5.41, 5.74) is 0.283. The van der Waals surface area contributed by atoms with Gasteiger partial charge in [-0.2, -0.15) is 0 Å². The molecule has 0 saturated carbocycles. The van der Waals surface area contributed by atoms with E-state index in [1.807, 2.05) is 39.0 Å².